The van der Waals surface area contributed by atoms with Crippen molar-refractivity contribution in [2.75, 3.05) is 0 Å². The van der Waals surface area contributed by atoms with Gasteiger partial charge in [0.1, 0.15) is 0 Å². The van der Waals surface area contributed by atoms with E-state index in [2.05, 4.69) is 158 Å². The number of benzene rings is 6. The second-order valence-electron chi connectivity index (χ2n) is 13.9. The largest absolute Gasteiger partial charge is 0.393 e. The van der Waals surface area contributed by atoms with Gasteiger partial charge in [0, 0.05) is 25.8 Å². The van der Waals surface area contributed by atoms with Gasteiger partial charge in [-0.3, -0.25) is 9.97 Å². The molecule has 1 aliphatic carbocycles. The van der Waals surface area contributed by atoms with Crippen LogP contribution in [0.4, 0.5) is 0 Å². The van der Waals surface area contributed by atoms with Crippen LogP contribution >= 0.6 is 0 Å². The summed E-state index contributed by atoms with van der Waals surface area (Å²) in [5.74, 6) is 0. The van der Waals surface area contributed by atoms with Gasteiger partial charge in [-0.2, -0.15) is 0 Å². The summed E-state index contributed by atoms with van der Waals surface area (Å²) in [6.45, 7) is 3.32. The Bertz CT molecular complexity index is 1980. The summed E-state index contributed by atoms with van der Waals surface area (Å²) >= 11 is 0. The molecule has 6 aromatic carbocycles. The molecular formula is C49H45IrN2O2-. The summed E-state index contributed by atoms with van der Waals surface area (Å²) < 4.78 is 0. The van der Waals surface area contributed by atoms with Crippen LogP contribution in [0.15, 0.2) is 152 Å². The Morgan fingerprint density at radius 3 is 1.26 bits per heavy atom. The molecule has 0 aliphatic heterocycles. The zero-order valence-corrected chi connectivity index (χ0v) is 33.1. The van der Waals surface area contributed by atoms with Crippen molar-refractivity contribution in [2.45, 2.75) is 58.2 Å². The van der Waals surface area contributed by atoms with E-state index in [4.69, 9.17) is 20.2 Å². The van der Waals surface area contributed by atoms with Crippen molar-refractivity contribution in [1.29, 1.82) is 0 Å². The van der Waals surface area contributed by atoms with Crippen LogP contribution in [0.2, 0.25) is 0 Å². The Kier molecular flexibility index (Phi) is 13.1. The Morgan fingerprint density at radius 1 is 0.463 bits per heavy atom. The fourth-order valence-corrected chi connectivity index (χ4v) is 7.00. The molecule has 0 saturated carbocycles. The first-order valence-electron chi connectivity index (χ1n) is 18.6. The smallest absolute Gasteiger partial charge is 0.0634 e. The van der Waals surface area contributed by atoms with Crippen LogP contribution in [0.5, 0.6) is 0 Å². The van der Waals surface area contributed by atoms with Crippen LogP contribution in [0.3, 0.4) is 0 Å². The van der Waals surface area contributed by atoms with E-state index in [-0.39, 0.29) is 32.3 Å². The molecule has 0 amide bonds. The van der Waals surface area contributed by atoms with E-state index in [1.165, 1.54) is 16.7 Å². The molecule has 54 heavy (non-hydrogen) atoms. The standard InChI is InChI=1S/C44H33N2.C5H12O2.Ir/c1-5-15-31(16-6-1)35-25-36(32-17-7-2-8-18-32)28-39(27-35)43-44(46-42-24-14-13-23-41(42)45-43)40-29-37(33-19-9-3-10-20-33)26-38(30-40)34-21-11-4-12-22-34;1-4(6)3-5(2)7;/h1-12,15-22,25-29H,13-14,23-24H2;4-7H,3H2,1-2H3;/q-1;;. The number of aliphatic hydroxyl groups excluding tert-OH is 2. The van der Waals surface area contributed by atoms with Crippen molar-refractivity contribution in [3.63, 3.8) is 0 Å². The summed E-state index contributed by atoms with van der Waals surface area (Å²) in [7, 11) is 0. The van der Waals surface area contributed by atoms with Gasteiger partial charge in [0.15, 0.2) is 0 Å². The minimum absolute atomic E-state index is 0. The van der Waals surface area contributed by atoms with Crippen LogP contribution < -0.4 is 0 Å². The topological polar surface area (TPSA) is 66.2 Å². The van der Waals surface area contributed by atoms with Crippen molar-refractivity contribution >= 4 is 0 Å². The summed E-state index contributed by atoms with van der Waals surface area (Å²) in [5.41, 5.74) is 15.2. The number of hydrogen-bond donors (Lipinski definition) is 2. The van der Waals surface area contributed by atoms with Gasteiger partial charge in [-0.05, 0) is 97.5 Å². The SMILES string of the molecule is CC(O)CC(C)O.[Ir].[c-]1c(-c2ccccc2)cc(-c2ccccc2)cc1-c1nc2c(nc1-c1cc(-c3ccccc3)cc(-c3ccccc3)c1)CCCC2. The van der Waals surface area contributed by atoms with Crippen molar-refractivity contribution < 1.29 is 30.3 Å². The minimum Gasteiger partial charge on any atom is -0.393 e. The molecular weight excluding hydrogens is 841 g/mol. The predicted octanol–water partition coefficient (Wildman–Crippen LogP) is 11.3. The molecule has 0 bridgehead atoms. The molecule has 1 aromatic heterocycles. The fraction of sp³-hybridized carbons (Fsp3) is 0.184. The maximum absolute atomic E-state index is 8.56. The number of aliphatic hydroxyl groups is 2. The fourth-order valence-electron chi connectivity index (χ4n) is 7.00. The van der Waals surface area contributed by atoms with E-state index >= 15 is 0 Å². The molecule has 2 atom stereocenters. The monoisotopic (exact) mass is 886 g/mol. The minimum atomic E-state index is -0.375. The molecule has 0 spiro atoms. The first kappa shape index (κ1) is 38.7. The molecule has 7 aromatic rings. The Balaban J connectivity index is 0.000000569. The van der Waals surface area contributed by atoms with Crippen LogP contribution in [0.1, 0.15) is 44.5 Å². The maximum atomic E-state index is 8.56. The van der Waals surface area contributed by atoms with Crippen LogP contribution in [-0.2, 0) is 32.9 Å². The second-order valence-corrected chi connectivity index (χ2v) is 13.9. The molecule has 5 heteroatoms. The van der Waals surface area contributed by atoms with Gasteiger partial charge >= 0.3 is 0 Å². The van der Waals surface area contributed by atoms with Gasteiger partial charge in [-0.1, -0.05) is 138 Å². The molecule has 1 aliphatic rings. The molecule has 8 rings (SSSR count). The van der Waals surface area contributed by atoms with E-state index in [9.17, 15) is 0 Å². The van der Waals surface area contributed by atoms with E-state index in [0.717, 1.165) is 87.4 Å². The van der Waals surface area contributed by atoms with Crippen LogP contribution in [-0.4, -0.2) is 32.4 Å². The Labute approximate surface area is 333 Å². The first-order chi connectivity index (χ1) is 25.9. The van der Waals surface area contributed by atoms with Gasteiger partial charge in [-0.25, -0.2) is 0 Å². The van der Waals surface area contributed by atoms with E-state index < -0.39 is 0 Å². The third kappa shape index (κ3) is 9.55. The Hall–Kier alpha value is -5.03. The van der Waals surface area contributed by atoms with Gasteiger partial charge < -0.3 is 10.2 Å². The first-order valence-corrected chi connectivity index (χ1v) is 18.6. The van der Waals surface area contributed by atoms with E-state index in [1.807, 2.05) is 0 Å². The number of hydrogen-bond acceptors (Lipinski definition) is 4. The summed E-state index contributed by atoms with van der Waals surface area (Å²) in [6, 6.07) is 57.5. The normalized spacial score (nSPS) is 13.0. The van der Waals surface area contributed by atoms with Crippen molar-refractivity contribution in [3.05, 3.63) is 169 Å². The summed E-state index contributed by atoms with van der Waals surface area (Å²) in [4.78, 5) is 10.9. The van der Waals surface area contributed by atoms with Crippen LogP contribution in [0.25, 0.3) is 67.0 Å². The molecule has 2 unspecified atom stereocenters. The van der Waals surface area contributed by atoms with Crippen LogP contribution in [0, 0.1) is 6.07 Å². The third-order valence-corrected chi connectivity index (χ3v) is 9.55. The molecule has 0 fully saturated rings. The summed E-state index contributed by atoms with van der Waals surface area (Å²) in [6.07, 6.45) is 3.93. The van der Waals surface area contributed by atoms with Gasteiger partial charge in [-0.15, -0.1) is 23.8 Å². The van der Waals surface area contributed by atoms with E-state index in [1.54, 1.807) is 13.8 Å². The molecule has 273 valence electrons. The zero-order chi connectivity index (χ0) is 36.6. The third-order valence-electron chi connectivity index (χ3n) is 9.55. The number of nitrogens with zero attached hydrogens (tertiary/aromatic N) is 2. The molecule has 4 nitrogen and oxygen atoms in total. The number of aryl methyl sites for hydroxylation is 2. The number of fused-ring (bicyclic) bond motifs is 1. The Morgan fingerprint density at radius 2 is 0.833 bits per heavy atom. The zero-order valence-electron chi connectivity index (χ0n) is 30.7. The van der Waals surface area contributed by atoms with Crippen molar-refractivity contribution in [3.8, 4) is 67.0 Å². The van der Waals surface area contributed by atoms with Gasteiger partial charge in [0.05, 0.1) is 29.3 Å². The molecule has 0 saturated heterocycles. The quantitative estimate of drug-likeness (QED) is 0.149. The van der Waals surface area contributed by atoms with Crippen molar-refractivity contribution in [2.24, 2.45) is 0 Å². The molecule has 1 heterocycles. The predicted molar refractivity (Wildman–Crippen MR) is 218 cm³/mol. The summed E-state index contributed by atoms with van der Waals surface area (Å²) in [5, 5.41) is 17.1. The van der Waals surface area contributed by atoms with Gasteiger partial charge in [0.2, 0.25) is 0 Å². The number of aromatic nitrogens is 2. The average Bonchev–Trinajstić information content (AvgIpc) is 3.21. The second kappa shape index (κ2) is 18.3. The number of rotatable bonds is 8. The average molecular weight is 886 g/mol. The van der Waals surface area contributed by atoms with Gasteiger partial charge in [0.25, 0.3) is 0 Å². The maximum Gasteiger partial charge on any atom is 0.0634 e. The van der Waals surface area contributed by atoms with Crippen molar-refractivity contribution in [1.82, 2.24) is 9.97 Å². The molecule has 2 N–H and O–H groups in total. The molecule has 1 radical (unpaired) electrons. The van der Waals surface area contributed by atoms with E-state index in [0.29, 0.717) is 6.42 Å².